The predicted molar refractivity (Wildman–Crippen MR) is 139 cm³/mol. The van der Waals surface area contributed by atoms with E-state index in [1.165, 1.54) is 0 Å². The van der Waals surface area contributed by atoms with Crippen LogP contribution in [-0.2, 0) is 16.9 Å². The Hall–Kier alpha value is -3.51. The number of aliphatic hydroxyl groups excluding tert-OH is 2. The first-order valence-electron chi connectivity index (χ1n) is 12.0. The van der Waals surface area contributed by atoms with E-state index in [2.05, 4.69) is 53.1 Å². The minimum atomic E-state index is -0.905. The van der Waals surface area contributed by atoms with E-state index < -0.39 is 11.8 Å². The predicted octanol–water partition coefficient (Wildman–Crippen LogP) is 4.88. The van der Waals surface area contributed by atoms with Crippen LogP contribution in [0.5, 0.6) is 0 Å². The van der Waals surface area contributed by atoms with Crippen LogP contribution in [0.15, 0.2) is 109 Å². The second kappa shape index (κ2) is 11.8. The van der Waals surface area contributed by atoms with Crippen molar-refractivity contribution in [3.8, 4) is 0 Å². The SMILES string of the molecule is O=C(CCC(O)NC(c1ccccc1)(c1ccccc1)C1C=CC=CC1)Nc1ccc(CO)cc1. The topological polar surface area (TPSA) is 81.6 Å². The molecule has 1 aliphatic rings. The average Bonchev–Trinajstić information content (AvgIpc) is 2.92. The molecule has 0 aromatic heterocycles. The van der Waals surface area contributed by atoms with Gasteiger partial charge >= 0.3 is 0 Å². The zero-order chi connectivity index (χ0) is 24.5. The molecular weight excluding hydrogens is 436 g/mol. The smallest absolute Gasteiger partial charge is 0.224 e. The molecule has 4 rings (SSSR count). The van der Waals surface area contributed by atoms with Crippen LogP contribution in [0.2, 0.25) is 0 Å². The van der Waals surface area contributed by atoms with Gasteiger partial charge in [-0.1, -0.05) is 97.1 Å². The summed E-state index contributed by atoms with van der Waals surface area (Å²) in [5, 5.41) is 26.7. The van der Waals surface area contributed by atoms with Gasteiger partial charge in [-0.3, -0.25) is 10.1 Å². The third-order valence-electron chi connectivity index (χ3n) is 6.45. The summed E-state index contributed by atoms with van der Waals surface area (Å²) in [7, 11) is 0. The molecule has 3 aromatic rings. The highest BCUT2D eigenvalue weighted by Crippen LogP contribution is 2.41. The first kappa shape index (κ1) is 24.6. The van der Waals surface area contributed by atoms with Crippen molar-refractivity contribution in [2.24, 2.45) is 5.92 Å². The number of aliphatic hydroxyl groups is 2. The third kappa shape index (κ3) is 5.95. The fourth-order valence-corrected chi connectivity index (χ4v) is 4.69. The fraction of sp³-hybridized carbons (Fsp3) is 0.233. The van der Waals surface area contributed by atoms with Gasteiger partial charge in [0.25, 0.3) is 0 Å². The molecular formula is C30H32N2O3. The van der Waals surface area contributed by atoms with Gasteiger partial charge < -0.3 is 15.5 Å². The van der Waals surface area contributed by atoms with Crippen molar-refractivity contribution in [2.45, 2.75) is 37.6 Å². The summed E-state index contributed by atoms with van der Waals surface area (Å²) in [6, 6.07) is 27.4. The van der Waals surface area contributed by atoms with Gasteiger partial charge in [0.1, 0.15) is 6.23 Å². The van der Waals surface area contributed by atoms with Crippen LogP contribution in [-0.4, -0.2) is 22.3 Å². The number of carbonyl (C=O) groups excluding carboxylic acids is 1. The molecule has 0 radical (unpaired) electrons. The number of allylic oxidation sites excluding steroid dienone is 3. The highest BCUT2D eigenvalue weighted by Gasteiger charge is 2.42. The summed E-state index contributed by atoms with van der Waals surface area (Å²) < 4.78 is 0. The molecule has 3 aromatic carbocycles. The van der Waals surface area contributed by atoms with Gasteiger partial charge in [0.05, 0.1) is 12.1 Å². The van der Waals surface area contributed by atoms with E-state index >= 15 is 0 Å². The summed E-state index contributed by atoms with van der Waals surface area (Å²) in [4.78, 5) is 12.6. The zero-order valence-electron chi connectivity index (χ0n) is 19.7. The lowest BCUT2D eigenvalue weighted by molar-refractivity contribution is -0.117. The minimum Gasteiger partial charge on any atom is -0.392 e. The molecule has 2 unspecified atom stereocenters. The fourth-order valence-electron chi connectivity index (χ4n) is 4.69. The van der Waals surface area contributed by atoms with Crippen molar-refractivity contribution in [1.29, 1.82) is 0 Å². The second-order valence-electron chi connectivity index (χ2n) is 8.80. The quantitative estimate of drug-likeness (QED) is 0.320. The molecule has 35 heavy (non-hydrogen) atoms. The Balaban J connectivity index is 1.54. The Labute approximate surface area is 206 Å². The van der Waals surface area contributed by atoms with Crippen molar-refractivity contribution in [2.75, 3.05) is 5.32 Å². The third-order valence-corrected chi connectivity index (χ3v) is 6.45. The minimum absolute atomic E-state index is 0.0390. The summed E-state index contributed by atoms with van der Waals surface area (Å²) in [5.74, 6) is -0.0982. The molecule has 0 saturated heterocycles. The molecule has 0 fully saturated rings. The van der Waals surface area contributed by atoms with Gasteiger partial charge in [-0.05, 0) is 41.7 Å². The van der Waals surface area contributed by atoms with E-state index in [0.29, 0.717) is 5.69 Å². The van der Waals surface area contributed by atoms with Crippen molar-refractivity contribution in [3.63, 3.8) is 0 Å². The maximum Gasteiger partial charge on any atom is 0.224 e. The number of nitrogens with one attached hydrogen (secondary N) is 2. The second-order valence-corrected chi connectivity index (χ2v) is 8.80. The van der Waals surface area contributed by atoms with Gasteiger partial charge in [0.2, 0.25) is 5.91 Å². The maximum atomic E-state index is 12.6. The van der Waals surface area contributed by atoms with E-state index in [9.17, 15) is 15.0 Å². The van der Waals surface area contributed by atoms with Crippen LogP contribution >= 0.6 is 0 Å². The number of rotatable bonds is 10. The Morgan fingerprint density at radius 3 is 2.09 bits per heavy atom. The molecule has 5 nitrogen and oxygen atoms in total. The lowest BCUT2D eigenvalue weighted by atomic mass is 9.70. The van der Waals surface area contributed by atoms with Crippen LogP contribution < -0.4 is 10.6 Å². The Bertz CT molecular complexity index is 1100. The van der Waals surface area contributed by atoms with Gasteiger partial charge in [0, 0.05) is 18.0 Å². The van der Waals surface area contributed by atoms with E-state index in [1.54, 1.807) is 24.3 Å². The molecule has 5 heteroatoms. The van der Waals surface area contributed by atoms with Gasteiger partial charge in [-0.25, -0.2) is 0 Å². The summed E-state index contributed by atoms with van der Waals surface area (Å²) >= 11 is 0. The number of hydrogen-bond donors (Lipinski definition) is 4. The Morgan fingerprint density at radius 2 is 1.54 bits per heavy atom. The highest BCUT2D eigenvalue weighted by molar-refractivity contribution is 5.90. The molecule has 1 amide bonds. The standard InChI is InChI=1S/C30H32N2O3/c33-22-23-16-18-27(19-17-23)31-28(34)20-21-29(35)32-30(24-10-4-1-5-11-24,25-12-6-2-7-13-25)26-14-8-3-9-15-26/h1-14,16-19,26,29,32-33,35H,15,20-22H2,(H,31,34). The number of benzene rings is 3. The zero-order valence-corrected chi connectivity index (χ0v) is 19.7. The van der Waals surface area contributed by atoms with Crippen LogP contribution in [0.25, 0.3) is 0 Å². The maximum absolute atomic E-state index is 12.6. The number of anilines is 1. The number of hydrogen-bond acceptors (Lipinski definition) is 4. The Morgan fingerprint density at radius 1 is 0.914 bits per heavy atom. The average molecular weight is 469 g/mol. The van der Waals surface area contributed by atoms with Crippen molar-refractivity contribution in [3.05, 3.63) is 126 Å². The lowest BCUT2D eigenvalue weighted by Crippen LogP contribution is -2.53. The molecule has 0 spiro atoms. The van der Waals surface area contributed by atoms with Crippen LogP contribution in [0.4, 0.5) is 5.69 Å². The van der Waals surface area contributed by atoms with Gasteiger partial charge in [-0.2, -0.15) is 0 Å². The van der Waals surface area contributed by atoms with Crippen molar-refractivity contribution in [1.82, 2.24) is 5.32 Å². The van der Waals surface area contributed by atoms with Gasteiger partial charge in [-0.15, -0.1) is 0 Å². The van der Waals surface area contributed by atoms with E-state index in [4.69, 9.17) is 0 Å². The largest absolute Gasteiger partial charge is 0.392 e. The summed E-state index contributed by atoms with van der Waals surface area (Å²) in [6.07, 6.45) is 8.77. The molecule has 1 aliphatic carbocycles. The van der Waals surface area contributed by atoms with E-state index in [-0.39, 0.29) is 31.3 Å². The molecule has 0 aliphatic heterocycles. The Kier molecular flexibility index (Phi) is 8.27. The van der Waals surface area contributed by atoms with Crippen LogP contribution in [0.1, 0.15) is 36.0 Å². The first-order chi connectivity index (χ1) is 17.1. The molecule has 2 atom stereocenters. The molecule has 0 saturated carbocycles. The highest BCUT2D eigenvalue weighted by atomic mass is 16.3. The number of carbonyl (C=O) groups is 1. The lowest BCUT2D eigenvalue weighted by Gasteiger charge is -2.43. The van der Waals surface area contributed by atoms with Crippen molar-refractivity contribution >= 4 is 11.6 Å². The molecule has 180 valence electrons. The number of amides is 1. The monoisotopic (exact) mass is 468 g/mol. The first-order valence-corrected chi connectivity index (χ1v) is 12.0. The van der Waals surface area contributed by atoms with Crippen LogP contribution in [0.3, 0.4) is 0 Å². The van der Waals surface area contributed by atoms with E-state index in [1.807, 2.05) is 42.5 Å². The molecule has 0 bridgehead atoms. The summed E-state index contributed by atoms with van der Waals surface area (Å²) in [5.41, 5.74) is 2.90. The van der Waals surface area contributed by atoms with E-state index in [0.717, 1.165) is 23.1 Å². The van der Waals surface area contributed by atoms with Crippen molar-refractivity contribution < 1.29 is 15.0 Å². The normalized spacial score (nSPS) is 16.1. The molecule has 4 N–H and O–H groups in total. The van der Waals surface area contributed by atoms with Gasteiger partial charge in [0.15, 0.2) is 0 Å². The molecule has 0 heterocycles. The summed E-state index contributed by atoms with van der Waals surface area (Å²) in [6.45, 7) is -0.0390. The van der Waals surface area contributed by atoms with Crippen LogP contribution in [0, 0.1) is 5.92 Å².